The highest BCUT2D eigenvalue weighted by Gasteiger charge is 2.34. The molecule has 0 spiro atoms. The topological polar surface area (TPSA) is 85.1 Å². The number of hydrogen-bond donors (Lipinski definition) is 1. The first-order valence-electron chi connectivity index (χ1n) is 8.93. The summed E-state index contributed by atoms with van der Waals surface area (Å²) in [5, 5.41) is 2.70. The van der Waals surface area contributed by atoms with Gasteiger partial charge in [0.25, 0.3) is 0 Å². The number of imidazole rings is 1. The zero-order valence-corrected chi connectivity index (χ0v) is 15.6. The van der Waals surface area contributed by atoms with Gasteiger partial charge in [-0.05, 0) is 36.4 Å². The fraction of sp³-hybridized carbons (Fsp3) is 0.250. The van der Waals surface area contributed by atoms with Gasteiger partial charge >= 0.3 is 6.09 Å². The minimum atomic E-state index is -0.466. The molecular formula is C20H20N4O4. The second-order valence-electron chi connectivity index (χ2n) is 6.77. The second kappa shape index (κ2) is 6.88. The van der Waals surface area contributed by atoms with Crippen molar-refractivity contribution in [2.24, 2.45) is 7.05 Å². The number of amides is 2. The van der Waals surface area contributed by atoms with Crippen LogP contribution < -0.4 is 10.2 Å². The van der Waals surface area contributed by atoms with E-state index in [1.165, 1.54) is 11.8 Å². The minimum Gasteiger partial charge on any atom is -0.447 e. The molecule has 1 aromatic carbocycles. The van der Waals surface area contributed by atoms with Gasteiger partial charge in [0, 0.05) is 44.2 Å². The van der Waals surface area contributed by atoms with Crippen LogP contribution >= 0.6 is 0 Å². The molecule has 1 saturated heterocycles. The smallest absolute Gasteiger partial charge is 0.414 e. The molecule has 3 aromatic rings. The molecule has 2 amide bonds. The van der Waals surface area contributed by atoms with E-state index in [-0.39, 0.29) is 24.3 Å². The predicted octanol–water partition coefficient (Wildman–Crippen LogP) is 1.97. The van der Waals surface area contributed by atoms with Crippen molar-refractivity contribution in [3.8, 4) is 0 Å². The molecule has 1 atom stereocenters. The summed E-state index contributed by atoms with van der Waals surface area (Å²) in [6.07, 6.45) is 3.28. The van der Waals surface area contributed by atoms with Crippen LogP contribution in [0.4, 0.5) is 10.5 Å². The van der Waals surface area contributed by atoms with Crippen LogP contribution in [0.5, 0.6) is 0 Å². The number of nitrogens with zero attached hydrogens (tertiary/aromatic N) is 3. The van der Waals surface area contributed by atoms with Crippen molar-refractivity contribution >= 4 is 29.1 Å². The van der Waals surface area contributed by atoms with Crippen molar-refractivity contribution in [3.63, 3.8) is 0 Å². The van der Waals surface area contributed by atoms with E-state index < -0.39 is 6.09 Å². The number of aryl methyl sites for hydroxylation is 1. The number of benzene rings is 1. The van der Waals surface area contributed by atoms with Crippen LogP contribution in [0.25, 0.3) is 5.65 Å². The van der Waals surface area contributed by atoms with Gasteiger partial charge in [-0.2, -0.15) is 0 Å². The molecule has 4 rings (SSSR count). The molecule has 1 aliphatic rings. The lowest BCUT2D eigenvalue weighted by molar-refractivity contribution is -0.119. The lowest BCUT2D eigenvalue weighted by Crippen LogP contribution is -2.42. The van der Waals surface area contributed by atoms with Crippen LogP contribution in [-0.2, 0) is 16.6 Å². The first-order chi connectivity index (χ1) is 13.5. The largest absolute Gasteiger partial charge is 0.447 e. The van der Waals surface area contributed by atoms with Crippen molar-refractivity contribution in [1.82, 2.24) is 14.3 Å². The Morgan fingerprint density at radius 1 is 1.14 bits per heavy atom. The molecule has 8 nitrogen and oxygen atoms in total. The normalized spacial score (nSPS) is 16.4. The molecule has 28 heavy (non-hydrogen) atoms. The van der Waals surface area contributed by atoms with Gasteiger partial charge in [-0.3, -0.25) is 18.9 Å². The summed E-state index contributed by atoms with van der Waals surface area (Å²) in [4.78, 5) is 37.6. The monoisotopic (exact) mass is 380 g/mol. The lowest BCUT2D eigenvalue weighted by atomic mass is 10.1. The van der Waals surface area contributed by atoms with E-state index in [9.17, 15) is 14.4 Å². The Bertz CT molecular complexity index is 1060. The number of anilines is 1. The number of ketones is 1. The maximum absolute atomic E-state index is 12.9. The van der Waals surface area contributed by atoms with Crippen LogP contribution in [0.15, 0.2) is 48.8 Å². The summed E-state index contributed by atoms with van der Waals surface area (Å²) in [5.41, 5.74) is 2.65. The van der Waals surface area contributed by atoms with E-state index in [1.54, 1.807) is 30.3 Å². The second-order valence-corrected chi connectivity index (χ2v) is 6.77. The molecule has 0 bridgehead atoms. The highest BCUT2D eigenvalue weighted by molar-refractivity contribution is 6.08. The minimum absolute atomic E-state index is 0.100. The zero-order chi connectivity index (χ0) is 19.8. The van der Waals surface area contributed by atoms with Crippen LogP contribution in [0.2, 0.25) is 0 Å². The van der Waals surface area contributed by atoms with Crippen molar-refractivity contribution in [2.45, 2.75) is 13.0 Å². The molecule has 1 unspecified atom stereocenters. The number of aromatic nitrogens is 2. The fourth-order valence-corrected chi connectivity index (χ4v) is 3.42. The van der Waals surface area contributed by atoms with Gasteiger partial charge in [-0.15, -0.1) is 0 Å². The van der Waals surface area contributed by atoms with Crippen LogP contribution in [0.1, 0.15) is 23.0 Å². The average Bonchev–Trinajstić information content (AvgIpc) is 3.36. The number of cyclic esters (lactones) is 1. The van der Waals surface area contributed by atoms with Crippen molar-refractivity contribution < 1.29 is 19.1 Å². The van der Waals surface area contributed by atoms with Gasteiger partial charge in [0.2, 0.25) is 11.7 Å². The third kappa shape index (κ3) is 3.02. The molecule has 0 aliphatic carbocycles. The van der Waals surface area contributed by atoms with Crippen LogP contribution in [0, 0.1) is 0 Å². The first kappa shape index (κ1) is 17.8. The molecule has 0 radical (unpaired) electrons. The Morgan fingerprint density at radius 3 is 2.61 bits per heavy atom. The van der Waals surface area contributed by atoms with E-state index in [4.69, 9.17) is 4.74 Å². The molecule has 3 heterocycles. The molecule has 1 fully saturated rings. The molecule has 8 heteroatoms. The van der Waals surface area contributed by atoms with Crippen molar-refractivity contribution in [3.05, 3.63) is 60.0 Å². The molecule has 1 N–H and O–H groups in total. The third-order valence-electron chi connectivity index (χ3n) is 4.89. The Labute approximate surface area is 161 Å². The van der Waals surface area contributed by atoms with Crippen LogP contribution in [-0.4, -0.2) is 45.9 Å². The molecule has 2 aromatic heterocycles. The Morgan fingerprint density at radius 2 is 1.89 bits per heavy atom. The summed E-state index contributed by atoms with van der Waals surface area (Å²) >= 11 is 0. The average molecular weight is 380 g/mol. The first-order valence-corrected chi connectivity index (χ1v) is 8.93. The van der Waals surface area contributed by atoms with E-state index in [1.807, 2.05) is 34.5 Å². The Balaban J connectivity index is 1.57. The van der Waals surface area contributed by atoms with Gasteiger partial charge in [-0.1, -0.05) is 0 Å². The number of ether oxygens (including phenoxy) is 1. The SMILES string of the molecule is CC(=O)NCC1COC(=O)N1c1ccc(C(=O)c2ccc3n(C)ccn23)cc1. The Kier molecular flexibility index (Phi) is 4.38. The number of fused-ring (bicyclic) bond motifs is 1. The van der Waals surface area contributed by atoms with E-state index >= 15 is 0 Å². The number of hydrogen-bond acceptors (Lipinski definition) is 4. The fourth-order valence-electron chi connectivity index (χ4n) is 3.42. The molecule has 144 valence electrons. The van der Waals surface area contributed by atoms with Gasteiger partial charge in [0.15, 0.2) is 0 Å². The highest BCUT2D eigenvalue weighted by Crippen LogP contribution is 2.24. The molecule has 1 aliphatic heterocycles. The lowest BCUT2D eigenvalue weighted by Gasteiger charge is -2.21. The summed E-state index contributed by atoms with van der Waals surface area (Å²) in [7, 11) is 1.92. The predicted molar refractivity (Wildman–Crippen MR) is 103 cm³/mol. The number of rotatable bonds is 5. The highest BCUT2D eigenvalue weighted by atomic mass is 16.6. The van der Waals surface area contributed by atoms with Gasteiger partial charge in [0.05, 0.1) is 11.7 Å². The summed E-state index contributed by atoms with van der Waals surface area (Å²) in [5.74, 6) is -0.267. The summed E-state index contributed by atoms with van der Waals surface area (Å²) in [6.45, 7) is 1.93. The maximum Gasteiger partial charge on any atom is 0.414 e. The number of carbonyl (C=O) groups is 3. The standard InChI is InChI=1S/C20H20N4O4/c1-13(25)21-11-16-12-28-20(27)24(16)15-5-3-14(4-6-15)19(26)17-7-8-18-22(2)9-10-23(17)18/h3-10,16H,11-12H2,1-2H3,(H,21,25). The zero-order valence-electron chi connectivity index (χ0n) is 15.6. The number of nitrogens with one attached hydrogen (secondary N) is 1. The van der Waals surface area contributed by atoms with Gasteiger partial charge in [0.1, 0.15) is 12.3 Å². The Hall–Kier alpha value is -3.55. The van der Waals surface area contributed by atoms with E-state index in [0.29, 0.717) is 23.5 Å². The molecular weight excluding hydrogens is 360 g/mol. The van der Waals surface area contributed by atoms with E-state index in [2.05, 4.69) is 5.32 Å². The van der Waals surface area contributed by atoms with Crippen molar-refractivity contribution in [1.29, 1.82) is 0 Å². The summed E-state index contributed by atoms with van der Waals surface area (Å²) in [6, 6.07) is 10.2. The maximum atomic E-state index is 12.9. The quantitative estimate of drug-likeness (QED) is 0.686. The van der Waals surface area contributed by atoms with Gasteiger partial charge in [-0.25, -0.2) is 4.79 Å². The number of carbonyl (C=O) groups excluding carboxylic acids is 3. The van der Waals surface area contributed by atoms with Crippen LogP contribution in [0.3, 0.4) is 0 Å². The third-order valence-corrected chi connectivity index (χ3v) is 4.89. The molecule has 0 saturated carbocycles. The summed E-state index contributed by atoms with van der Waals surface area (Å²) < 4.78 is 8.90. The van der Waals surface area contributed by atoms with Gasteiger partial charge < -0.3 is 14.6 Å². The van der Waals surface area contributed by atoms with E-state index in [0.717, 1.165) is 5.65 Å². The van der Waals surface area contributed by atoms with Crippen molar-refractivity contribution in [2.75, 3.05) is 18.1 Å².